The Morgan fingerprint density at radius 3 is 2.49 bits per heavy atom. The largest absolute Gasteiger partial charge is 0.416 e. The molecular weight excluding hydrogens is 455 g/mol. The number of hydrogen-bond donors (Lipinski definition) is 2. The second kappa shape index (κ2) is 8.71. The van der Waals surface area contributed by atoms with E-state index in [-0.39, 0.29) is 5.82 Å². The van der Waals surface area contributed by atoms with Crippen LogP contribution in [0.2, 0.25) is 0 Å². The quantitative estimate of drug-likeness (QED) is 0.354. The lowest BCUT2D eigenvalue weighted by molar-refractivity contribution is -0.137. The van der Waals surface area contributed by atoms with Gasteiger partial charge in [-0.2, -0.15) is 18.2 Å². The van der Waals surface area contributed by atoms with Gasteiger partial charge in [-0.15, -0.1) is 5.10 Å². The molecule has 5 aromatic rings. The number of nitrogens with zero attached hydrogens (tertiary/aromatic N) is 5. The third-order valence-electron chi connectivity index (χ3n) is 5.47. The summed E-state index contributed by atoms with van der Waals surface area (Å²) in [6.07, 6.45) is -1.000. The van der Waals surface area contributed by atoms with Crippen LogP contribution in [-0.4, -0.2) is 24.7 Å². The highest BCUT2D eigenvalue weighted by molar-refractivity contribution is 5.99. The van der Waals surface area contributed by atoms with E-state index in [0.717, 1.165) is 28.8 Å². The normalized spacial score (nSPS) is 11.7. The van der Waals surface area contributed by atoms with Gasteiger partial charge in [-0.05, 0) is 48.9 Å². The molecule has 0 bridgehead atoms. The Kier molecular flexibility index (Phi) is 5.56. The highest BCUT2D eigenvalue weighted by atomic mass is 19.4. The van der Waals surface area contributed by atoms with Gasteiger partial charge in [0.15, 0.2) is 5.65 Å². The van der Waals surface area contributed by atoms with Gasteiger partial charge in [0.25, 0.3) is 0 Å². The molecule has 7 nitrogen and oxygen atoms in total. The standard InChI is InChI=1S/C25H20F3N7/c1-15-4-2-6-17(12-15)21-20-22(29)35(19-9-7-18(8-10-19)25(26,27)28)34-23(20)33-24(32-21)31-14-16-5-3-11-30-13-16/h2-13H,14,29H2,1H3,(H,31,33,34). The van der Waals surface area contributed by atoms with Crippen molar-refractivity contribution in [3.05, 3.63) is 89.7 Å². The number of nitrogens with two attached hydrogens (primary N) is 1. The van der Waals surface area contributed by atoms with Crippen molar-refractivity contribution >= 4 is 22.8 Å². The van der Waals surface area contributed by atoms with Crippen molar-refractivity contribution in [1.82, 2.24) is 24.7 Å². The molecule has 2 aromatic carbocycles. The van der Waals surface area contributed by atoms with Crippen LogP contribution in [0, 0.1) is 6.92 Å². The van der Waals surface area contributed by atoms with E-state index in [0.29, 0.717) is 34.9 Å². The van der Waals surface area contributed by atoms with Crippen molar-refractivity contribution in [1.29, 1.82) is 0 Å². The fourth-order valence-corrected chi connectivity index (χ4v) is 3.76. The predicted molar refractivity (Wildman–Crippen MR) is 128 cm³/mol. The lowest BCUT2D eigenvalue weighted by Crippen LogP contribution is -2.06. The summed E-state index contributed by atoms with van der Waals surface area (Å²) in [5.74, 6) is 0.574. The van der Waals surface area contributed by atoms with E-state index in [1.165, 1.54) is 16.8 Å². The average molecular weight is 475 g/mol. The van der Waals surface area contributed by atoms with E-state index in [9.17, 15) is 13.2 Å². The molecule has 5 rings (SSSR count). The minimum Gasteiger partial charge on any atom is -0.383 e. The maximum absolute atomic E-state index is 13.0. The molecule has 0 aliphatic heterocycles. The van der Waals surface area contributed by atoms with Gasteiger partial charge in [0.05, 0.1) is 22.3 Å². The van der Waals surface area contributed by atoms with Gasteiger partial charge in [-0.25, -0.2) is 9.67 Å². The van der Waals surface area contributed by atoms with Crippen molar-refractivity contribution in [2.24, 2.45) is 0 Å². The lowest BCUT2D eigenvalue weighted by Gasteiger charge is -2.09. The van der Waals surface area contributed by atoms with Crippen LogP contribution < -0.4 is 11.1 Å². The molecule has 0 unspecified atom stereocenters. The lowest BCUT2D eigenvalue weighted by atomic mass is 10.1. The number of rotatable bonds is 5. The van der Waals surface area contributed by atoms with Crippen molar-refractivity contribution in [3.8, 4) is 16.9 Å². The molecule has 10 heteroatoms. The maximum Gasteiger partial charge on any atom is 0.416 e. The molecule has 0 saturated carbocycles. The summed E-state index contributed by atoms with van der Waals surface area (Å²) in [7, 11) is 0. The Bertz CT molecular complexity index is 1490. The van der Waals surface area contributed by atoms with Crippen LogP contribution in [0.5, 0.6) is 0 Å². The summed E-state index contributed by atoms with van der Waals surface area (Å²) in [4.78, 5) is 13.4. The van der Waals surface area contributed by atoms with E-state index in [4.69, 9.17) is 10.7 Å². The summed E-state index contributed by atoms with van der Waals surface area (Å²) in [5, 5.41) is 8.21. The topological polar surface area (TPSA) is 94.5 Å². The van der Waals surface area contributed by atoms with Crippen LogP contribution in [0.25, 0.3) is 28.0 Å². The number of aryl methyl sites for hydroxylation is 1. The summed E-state index contributed by atoms with van der Waals surface area (Å²) >= 11 is 0. The Hall–Kier alpha value is -4.47. The highest BCUT2D eigenvalue weighted by Gasteiger charge is 2.30. The van der Waals surface area contributed by atoms with E-state index >= 15 is 0 Å². The molecule has 0 aliphatic rings. The van der Waals surface area contributed by atoms with Gasteiger partial charge in [0, 0.05) is 24.5 Å². The van der Waals surface area contributed by atoms with E-state index < -0.39 is 11.7 Å². The first kappa shape index (κ1) is 22.3. The fourth-order valence-electron chi connectivity index (χ4n) is 3.76. The molecule has 3 N–H and O–H groups in total. The number of halogens is 3. The number of pyridine rings is 1. The van der Waals surface area contributed by atoms with Gasteiger partial charge in [0.1, 0.15) is 5.82 Å². The number of fused-ring (bicyclic) bond motifs is 1. The Balaban J connectivity index is 1.62. The van der Waals surface area contributed by atoms with Crippen molar-refractivity contribution in [3.63, 3.8) is 0 Å². The van der Waals surface area contributed by atoms with Crippen molar-refractivity contribution in [2.45, 2.75) is 19.6 Å². The number of nitrogen functional groups attached to an aromatic ring is 1. The minimum atomic E-state index is -4.43. The summed E-state index contributed by atoms with van der Waals surface area (Å²) < 4.78 is 40.4. The van der Waals surface area contributed by atoms with Crippen LogP contribution in [0.1, 0.15) is 16.7 Å². The van der Waals surface area contributed by atoms with Gasteiger partial charge < -0.3 is 11.1 Å². The van der Waals surface area contributed by atoms with Gasteiger partial charge >= 0.3 is 6.18 Å². The van der Waals surface area contributed by atoms with Crippen LogP contribution >= 0.6 is 0 Å². The van der Waals surface area contributed by atoms with Gasteiger partial charge in [-0.1, -0.05) is 29.8 Å². The summed E-state index contributed by atoms with van der Waals surface area (Å²) in [6.45, 7) is 2.42. The first-order valence-corrected chi connectivity index (χ1v) is 10.7. The number of anilines is 2. The third-order valence-corrected chi connectivity index (χ3v) is 5.47. The average Bonchev–Trinajstić information content (AvgIpc) is 3.18. The Labute approximate surface area is 198 Å². The zero-order valence-corrected chi connectivity index (χ0v) is 18.6. The number of alkyl halides is 3. The first-order chi connectivity index (χ1) is 16.8. The second-order valence-electron chi connectivity index (χ2n) is 8.02. The van der Waals surface area contributed by atoms with E-state index in [1.54, 1.807) is 12.4 Å². The minimum absolute atomic E-state index is 0.232. The first-order valence-electron chi connectivity index (χ1n) is 10.7. The SMILES string of the molecule is Cc1cccc(-c2nc(NCc3cccnc3)nc3nn(-c4ccc(C(F)(F)F)cc4)c(N)c23)c1. The van der Waals surface area contributed by atoms with Crippen LogP contribution in [-0.2, 0) is 12.7 Å². The monoisotopic (exact) mass is 475 g/mol. The number of benzene rings is 2. The molecule has 35 heavy (non-hydrogen) atoms. The van der Waals surface area contributed by atoms with E-state index in [2.05, 4.69) is 20.4 Å². The fraction of sp³-hybridized carbons (Fsp3) is 0.120. The van der Waals surface area contributed by atoms with Crippen LogP contribution in [0.4, 0.5) is 24.9 Å². The van der Waals surface area contributed by atoms with Gasteiger partial charge in [-0.3, -0.25) is 4.98 Å². The molecule has 0 spiro atoms. The van der Waals surface area contributed by atoms with Gasteiger partial charge in [0.2, 0.25) is 5.95 Å². The third kappa shape index (κ3) is 4.50. The van der Waals surface area contributed by atoms with Crippen LogP contribution in [0.3, 0.4) is 0 Å². The zero-order chi connectivity index (χ0) is 24.6. The molecule has 3 heterocycles. The molecule has 0 radical (unpaired) electrons. The van der Waals surface area contributed by atoms with Crippen molar-refractivity contribution in [2.75, 3.05) is 11.1 Å². The smallest absolute Gasteiger partial charge is 0.383 e. The maximum atomic E-state index is 13.0. The Morgan fingerprint density at radius 2 is 1.80 bits per heavy atom. The summed E-state index contributed by atoms with van der Waals surface area (Å²) in [6, 6.07) is 16.2. The zero-order valence-electron chi connectivity index (χ0n) is 18.6. The molecule has 0 atom stereocenters. The Morgan fingerprint density at radius 1 is 1.00 bits per heavy atom. The van der Waals surface area contributed by atoms with E-state index in [1.807, 2.05) is 43.3 Å². The van der Waals surface area contributed by atoms with Crippen molar-refractivity contribution < 1.29 is 13.2 Å². The molecule has 176 valence electrons. The molecule has 3 aromatic heterocycles. The predicted octanol–water partition coefficient (Wildman–Crippen LogP) is 5.40. The molecule has 0 saturated heterocycles. The number of hydrogen-bond acceptors (Lipinski definition) is 6. The molecular formula is C25H20F3N7. The number of nitrogens with one attached hydrogen (secondary N) is 1. The summed E-state index contributed by atoms with van der Waals surface area (Å²) in [5.41, 5.74) is 9.78. The molecule has 0 aliphatic carbocycles. The highest BCUT2D eigenvalue weighted by Crippen LogP contribution is 2.34. The molecule has 0 fully saturated rings. The second-order valence-corrected chi connectivity index (χ2v) is 8.02. The van der Waals surface area contributed by atoms with Crippen LogP contribution in [0.15, 0.2) is 73.1 Å². The number of aromatic nitrogens is 5. The molecule has 0 amide bonds.